The number of hydrogen-bond acceptors (Lipinski definition) is 2. The first-order chi connectivity index (χ1) is 9.08. The number of carbonyl (C=O) groups is 2. The van der Waals surface area contributed by atoms with E-state index in [1.54, 1.807) is 4.90 Å². The Morgan fingerprint density at radius 1 is 1.26 bits per heavy atom. The van der Waals surface area contributed by atoms with Crippen LogP contribution in [0.25, 0.3) is 0 Å². The van der Waals surface area contributed by atoms with E-state index in [2.05, 4.69) is 5.32 Å². The monoisotopic (exact) mass is 266 g/mol. The van der Waals surface area contributed by atoms with Gasteiger partial charge in [0.1, 0.15) is 0 Å². The zero-order valence-electron chi connectivity index (χ0n) is 11.2. The predicted octanol–water partition coefficient (Wildman–Crippen LogP) is 1.68. The molecule has 0 aromatic rings. The summed E-state index contributed by atoms with van der Waals surface area (Å²) < 4.78 is 0. The molecular formula is C14H22N2O3. The third kappa shape index (κ3) is 2.42. The van der Waals surface area contributed by atoms with Crippen LogP contribution < -0.4 is 5.32 Å². The van der Waals surface area contributed by atoms with Gasteiger partial charge < -0.3 is 15.3 Å². The number of hydrogen-bond donors (Lipinski definition) is 2. The summed E-state index contributed by atoms with van der Waals surface area (Å²) in [6.07, 6.45) is 6.98. The van der Waals surface area contributed by atoms with Gasteiger partial charge in [-0.05, 0) is 49.9 Å². The van der Waals surface area contributed by atoms with Crippen molar-refractivity contribution in [2.45, 2.75) is 38.5 Å². The molecule has 2 amide bonds. The van der Waals surface area contributed by atoms with E-state index >= 15 is 0 Å². The predicted molar refractivity (Wildman–Crippen MR) is 69.7 cm³/mol. The number of nitrogens with one attached hydrogen (secondary N) is 1. The minimum atomic E-state index is -0.789. The number of nitrogens with zero attached hydrogens (tertiary/aromatic N) is 1. The van der Waals surface area contributed by atoms with Gasteiger partial charge >= 0.3 is 12.0 Å². The summed E-state index contributed by atoms with van der Waals surface area (Å²) in [6.45, 7) is 1.70. The van der Waals surface area contributed by atoms with E-state index in [1.807, 2.05) is 0 Å². The number of aliphatic carboxylic acids is 1. The number of amides is 2. The molecule has 2 bridgehead atoms. The summed E-state index contributed by atoms with van der Waals surface area (Å²) in [5.74, 6) is -0.283. The second kappa shape index (κ2) is 4.69. The minimum absolute atomic E-state index is 0.0755. The highest BCUT2D eigenvalue weighted by molar-refractivity contribution is 5.77. The molecule has 5 heteroatoms. The lowest BCUT2D eigenvalue weighted by Gasteiger charge is -2.28. The summed E-state index contributed by atoms with van der Waals surface area (Å²) in [4.78, 5) is 24.6. The fourth-order valence-electron chi connectivity index (χ4n) is 4.08. The summed E-state index contributed by atoms with van der Waals surface area (Å²) >= 11 is 0. The number of urea groups is 1. The highest BCUT2D eigenvalue weighted by Gasteiger charge is 2.45. The lowest BCUT2D eigenvalue weighted by Crippen LogP contribution is -2.43. The molecule has 1 atom stereocenters. The van der Waals surface area contributed by atoms with E-state index in [-0.39, 0.29) is 11.9 Å². The van der Waals surface area contributed by atoms with Crippen LogP contribution in [0.4, 0.5) is 4.79 Å². The van der Waals surface area contributed by atoms with E-state index in [4.69, 9.17) is 5.11 Å². The Balaban J connectivity index is 1.48. The molecule has 3 fully saturated rings. The second-order valence-electron chi connectivity index (χ2n) is 6.58. The molecule has 106 valence electrons. The molecule has 1 aliphatic heterocycles. The van der Waals surface area contributed by atoms with Gasteiger partial charge in [0.15, 0.2) is 0 Å². The van der Waals surface area contributed by atoms with Gasteiger partial charge in [-0.3, -0.25) is 4.79 Å². The summed E-state index contributed by atoms with van der Waals surface area (Å²) in [6, 6.07) is -0.0755. The molecule has 3 rings (SSSR count). The zero-order chi connectivity index (χ0) is 13.5. The molecule has 1 unspecified atom stereocenters. The van der Waals surface area contributed by atoms with Crippen LogP contribution in [-0.2, 0) is 4.79 Å². The number of carbonyl (C=O) groups excluding carboxylic acids is 1. The maximum Gasteiger partial charge on any atom is 0.317 e. The molecular weight excluding hydrogens is 244 g/mol. The molecule has 1 heterocycles. The normalized spacial score (nSPS) is 36.7. The van der Waals surface area contributed by atoms with Crippen LogP contribution in [0.2, 0.25) is 0 Å². The third-order valence-electron chi connectivity index (χ3n) is 5.33. The quantitative estimate of drug-likeness (QED) is 0.816. The van der Waals surface area contributed by atoms with Crippen molar-refractivity contribution in [2.24, 2.45) is 17.3 Å². The van der Waals surface area contributed by atoms with Crippen LogP contribution >= 0.6 is 0 Å². The maximum atomic E-state index is 12.1. The zero-order valence-corrected chi connectivity index (χ0v) is 11.2. The largest absolute Gasteiger partial charge is 0.481 e. The smallest absolute Gasteiger partial charge is 0.317 e. The minimum Gasteiger partial charge on any atom is -0.481 e. The Morgan fingerprint density at radius 3 is 2.53 bits per heavy atom. The Morgan fingerprint density at radius 2 is 2.00 bits per heavy atom. The first-order valence-corrected chi connectivity index (χ1v) is 7.34. The highest BCUT2D eigenvalue weighted by atomic mass is 16.4. The molecule has 1 saturated heterocycles. The molecule has 0 aromatic carbocycles. The van der Waals surface area contributed by atoms with Crippen molar-refractivity contribution in [1.82, 2.24) is 10.2 Å². The number of carboxylic acids is 1. The average Bonchev–Trinajstić information content (AvgIpc) is 3.11. The summed E-state index contributed by atoms with van der Waals surface area (Å²) in [5.41, 5.74) is 0.353. The third-order valence-corrected chi connectivity index (χ3v) is 5.33. The van der Waals surface area contributed by atoms with Crippen LogP contribution in [0.1, 0.15) is 38.5 Å². The van der Waals surface area contributed by atoms with Crippen LogP contribution in [0.5, 0.6) is 0 Å². The Labute approximate surface area is 113 Å². The lowest BCUT2D eigenvalue weighted by molar-refractivity contribution is -0.141. The molecule has 0 spiro atoms. The van der Waals surface area contributed by atoms with Crippen LogP contribution in [0.15, 0.2) is 0 Å². The Hall–Kier alpha value is -1.26. The fraction of sp³-hybridized carbons (Fsp3) is 0.857. The second-order valence-corrected chi connectivity index (χ2v) is 6.58. The molecule has 2 saturated carbocycles. The molecule has 2 N–H and O–H groups in total. The van der Waals surface area contributed by atoms with Crippen molar-refractivity contribution in [2.75, 3.05) is 19.6 Å². The van der Waals surface area contributed by atoms with Crippen molar-refractivity contribution < 1.29 is 14.7 Å². The SMILES string of the molecule is O=C(O)C1CCN(C(=O)NCC23CCC(CC2)C3)C1. The van der Waals surface area contributed by atoms with Gasteiger partial charge in [0, 0.05) is 19.6 Å². The van der Waals surface area contributed by atoms with Crippen molar-refractivity contribution in [3.05, 3.63) is 0 Å². The number of rotatable bonds is 3. The van der Waals surface area contributed by atoms with E-state index < -0.39 is 5.97 Å². The van der Waals surface area contributed by atoms with Crippen LogP contribution in [0.3, 0.4) is 0 Å². The molecule has 0 radical (unpaired) electrons. The fourth-order valence-corrected chi connectivity index (χ4v) is 4.08. The molecule has 5 nitrogen and oxygen atoms in total. The van der Waals surface area contributed by atoms with Crippen molar-refractivity contribution in [1.29, 1.82) is 0 Å². The molecule has 3 aliphatic rings. The maximum absolute atomic E-state index is 12.1. The number of likely N-dealkylation sites (tertiary alicyclic amines) is 1. The van der Waals surface area contributed by atoms with Crippen LogP contribution in [0, 0.1) is 17.3 Å². The van der Waals surface area contributed by atoms with E-state index in [9.17, 15) is 9.59 Å². The summed E-state index contributed by atoms with van der Waals surface area (Å²) in [7, 11) is 0. The first-order valence-electron chi connectivity index (χ1n) is 7.34. The van der Waals surface area contributed by atoms with Crippen molar-refractivity contribution in [3.63, 3.8) is 0 Å². The summed E-state index contributed by atoms with van der Waals surface area (Å²) in [5, 5.41) is 12.0. The Bertz CT molecular complexity index is 388. The standard InChI is InChI=1S/C14H22N2O3/c17-12(18)11-3-6-16(8-11)13(19)15-9-14-4-1-10(7-14)2-5-14/h10-11H,1-9H2,(H,15,19)(H,17,18). The van der Waals surface area contributed by atoms with E-state index in [0.29, 0.717) is 24.9 Å². The van der Waals surface area contributed by atoms with Gasteiger partial charge in [0.2, 0.25) is 0 Å². The van der Waals surface area contributed by atoms with Gasteiger partial charge in [-0.2, -0.15) is 0 Å². The molecule has 19 heavy (non-hydrogen) atoms. The Kier molecular flexibility index (Phi) is 3.15. The van der Waals surface area contributed by atoms with Gasteiger partial charge in [-0.15, -0.1) is 0 Å². The number of carboxylic acid groups (broad SMARTS) is 1. The van der Waals surface area contributed by atoms with Gasteiger partial charge in [-0.25, -0.2) is 4.79 Å². The average molecular weight is 266 g/mol. The van der Waals surface area contributed by atoms with Crippen molar-refractivity contribution in [3.8, 4) is 0 Å². The lowest BCUT2D eigenvalue weighted by atomic mass is 9.84. The van der Waals surface area contributed by atoms with Gasteiger partial charge in [-0.1, -0.05) is 0 Å². The topological polar surface area (TPSA) is 69.6 Å². The highest BCUT2D eigenvalue weighted by Crippen LogP contribution is 2.53. The van der Waals surface area contributed by atoms with E-state index in [1.165, 1.54) is 32.1 Å². The van der Waals surface area contributed by atoms with Crippen LogP contribution in [-0.4, -0.2) is 41.6 Å². The van der Waals surface area contributed by atoms with Gasteiger partial charge in [0.25, 0.3) is 0 Å². The molecule has 2 aliphatic carbocycles. The number of fused-ring (bicyclic) bond motifs is 2. The first kappa shape index (κ1) is 12.8. The van der Waals surface area contributed by atoms with Gasteiger partial charge in [0.05, 0.1) is 5.92 Å². The van der Waals surface area contributed by atoms with Crippen molar-refractivity contribution >= 4 is 12.0 Å². The molecule has 0 aromatic heterocycles. The van der Waals surface area contributed by atoms with E-state index in [0.717, 1.165) is 12.5 Å².